The first-order chi connectivity index (χ1) is 15.0. The van der Waals surface area contributed by atoms with Gasteiger partial charge in [0.25, 0.3) is 0 Å². The molecule has 1 fully saturated rings. The summed E-state index contributed by atoms with van der Waals surface area (Å²) in [5.74, 6) is -1.54. The fourth-order valence-electron chi connectivity index (χ4n) is 4.01. The lowest BCUT2D eigenvalue weighted by atomic mass is 9.74. The number of halogens is 2. The molecule has 11 heteroatoms. The van der Waals surface area contributed by atoms with Crippen molar-refractivity contribution in [2.24, 2.45) is 10.6 Å². The van der Waals surface area contributed by atoms with Gasteiger partial charge in [0, 0.05) is 17.0 Å². The zero-order valence-corrected chi connectivity index (χ0v) is 17.0. The summed E-state index contributed by atoms with van der Waals surface area (Å²) in [6.07, 6.45) is 8.09. The fraction of sp³-hybridized carbons (Fsp3) is 0.450. The Balaban J connectivity index is 1.72. The second-order valence-electron chi connectivity index (χ2n) is 7.64. The Kier molecular flexibility index (Phi) is 5.77. The van der Waals surface area contributed by atoms with Crippen LogP contribution in [0.15, 0.2) is 48.7 Å². The lowest BCUT2D eigenvalue weighted by Crippen LogP contribution is -2.46. The van der Waals surface area contributed by atoms with Crippen molar-refractivity contribution in [2.75, 3.05) is 0 Å². The Hall–Kier alpha value is -3.21. The van der Waals surface area contributed by atoms with E-state index in [0.717, 1.165) is 18.6 Å². The van der Waals surface area contributed by atoms with Gasteiger partial charge in [-0.1, -0.05) is 24.6 Å². The molecule has 2 aromatic heterocycles. The maximum atomic E-state index is 14.9. The van der Waals surface area contributed by atoms with E-state index >= 15 is 0 Å². The quantitative estimate of drug-likeness (QED) is 0.391. The van der Waals surface area contributed by atoms with Crippen LogP contribution in [0, 0.1) is 17.0 Å². The average molecular weight is 431 g/mol. The first kappa shape index (κ1) is 21.0. The third kappa shape index (κ3) is 4.05. The lowest BCUT2D eigenvalue weighted by Gasteiger charge is -2.38. The summed E-state index contributed by atoms with van der Waals surface area (Å²) in [6.45, 7) is 1.97. The summed E-state index contributed by atoms with van der Waals surface area (Å²) in [5, 5.41) is 24.3. The molecular formula is C20H23F2N7O2. The van der Waals surface area contributed by atoms with Gasteiger partial charge in [-0.25, -0.2) is 28.1 Å². The van der Waals surface area contributed by atoms with Gasteiger partial charge in [0.1, 0.15) is 42.5 Å². The monoisotopic (exact) mass is 431 g/mol. The van der Waals surface area contributed by atoms with Crippen molar-refractivity contribution in [3.05, 3.63) is 60.7 Å². The largest absolute Gasteiger partial charge is 0.382 e. The van der Waals surface area contributed by atoms with Gasteiger partial charge in [0.05, 0.1) is 12.3 Å². The van der Waals surface area contributed by atoms with Gasteiger partial charge >= 0.3 is 0 Å². The molecule has 1 unspecified atom stereocenters. The zero-order chi connectivity index (χ0) is 21.9. The SMILES string of the molecule is CCC/C(=N\OCn1cncn1)C1(C(O)(Cn2cncn2)c2ccc(F)cc2F)CC1. The second-order valence-corrected chi connectivity index (χ2v) is 7.64. The molecule has 0 aliphatic heterocycles. The molecule has 0 spiro atoms. The van der Waals surface area contributed by atoms with E-state index in [2.05, 4.69) is 25.3 Å². The Morgan fingerprint density at radius 3 is 2.48 bits per heavy atom. The van der Waals surface area contributed by atoms with Crippen LogP contribution in [0.3, 0.4) is 0 Å². The van der Waals surface area contributed by atoms with Gasteiger partial charge in [0.2, 0.25) is 6.73 Å². The molecule has 2 heterocycles. The Morgan fingerprint density at radius 2 is 1.90 bits per heavy atom. The number of oxime groups is 1. The molecule has 1 aliphatic rings. The fourth-order valence-corrected chi connectivity index (χ4v) is 4.01. The normalized spacial score (nSPS) is 17.4. The highest BCUT2D eigenvalue weighted by Crippen LogP contribution is 2.61. The van der Waals surface area contributed by atoms with Crippen LogP contribution in [0.25, 0.3) is 0 Å². The topological polar surface area (TPSA) is 103 Å². The van der Waals surface area contributed by atoms with E-state index < -0.39 is 22.7 Å². The highest BCUT2D eigenvalue weighted by Gasteiger charge is 2.63. The van der Waals surface area contributed by atoms with Crippen LogP contribution in [-0.2, 0) is 23.7 Å². The molecule has 3 aromatic rings. The van der Waals surface area contributed by atoms with Crippen LogP contribution in [0.5, 0.6) is 0 Å². The van der Waals surface area contributed by atoms with Crippen molar-refractivity contribution >= 4 is 5.71 Å². The van der Waals surface area contributed by atoms with Crippen LogP contribution in [-0.4, -0.2) is 40.3 Å². The first-order valence-corrected chi connectivity index (χ1v) is 10.0. The molecule has 4 rings (SSSR count). The van der Waals surface area contributed by atoms with Crippen LogP contribution in [0.1, 0.15) is 38.2 Å². The van der Waals surface area contributed by atoms with E-state index in [4.69, 9.17) is 4.84 Å². The van der Waals surface area contributed by atoms with Crippen molar-refractivity contribution in [3.63, 3.8) is 0 Å². The van der Waals surface area contributed by atoms with Gasteiger partial charge in [0.15, 0.2) is 0 Å². The highest BCUT2D eigenvalue weighted by atomic mass is 19.1. The van der Waals surface area contributed by atoms with Crippen molar-refractivity contribution in [2.45, 2.75) is 51.5 Å². The summed E-state index contributed by atoms with van der Waals surface area (Å²) in [4.78, 5) is 13.2. The van der Waals surface area contributed by atoms with Crippen LogP contribution in [0.2, 0.25) is 0 Å². The minimum absolute atomic E-state index is 0.0121. The van der Waals surface area contributed by atoms with Crippen molar-refractivity contribution in [1.29, 1.82) is 0 Å². The molecule has 1 atom stereocenters. The van der Waals surface area contributed by atoms with Crippen LogP contribution in [0.4, 0.5) is 8.78 Å². The van der Waals surface area contributed by atoms with Gasteiger partial charge in [-0.15, -0.1) is 0 Å². The molecule has 1 aliphatic carbocycles. The maximum absolute atomic E-state index is 14.9. The number of nitrogens with zero attached hydrogens (tertiary/aromatic N) is 7. The molecular weight excluding hydrogens is 408 g/mol. The number of benzene rings is 1. The number of hydrogen-bond acceptors (Lipinski definition) is 7. The van der Waals surface area contributed by atoms with Crippen molar-refractivity contribution in [1.82, 2.24) is 29.5 Å². The average Bonchev–Trinajstić information content (AvgIpc) is 3.12. The molecule has 0 amide bonds. The third-order valence-electron chi connectivity index (χ3n) is 5.65. The van der Waals surface area contributed by atoms with Gasteiger partial charge < -0.3 is 9.94 Å². The molecule has 1 aromatic carbocycles. The number of hydrogen-bond donors (Lipinski definition) is 1. The lowest BCUT2D eigenvalue weighted by molar-refractivity contribution is -0.0357. The van der Waals surface area contributed by atoms with Crippen LogP contribution < -0.4 is 0 Å². The zero-order valence-electron chi connectivity index (χ0n) is 17.0. The van der Waals surface area contributed by atoms with Gasteiger partial charge in [-0.2, -0.15) is 10.2 Å². The van der Waals surface area contributed by atoms with Gasteiger partial charge in [-0.05, 0) is 25.3 Å². The minimum atomic E-state index is -1.73. The van der Waals surface area contributed by atoms with Gasteiger partial charge in [-0.3, -0.25) is 0 Å². The van der Waals surface area contributed by atoms with E-state index in [0.29, 0.717) is 25.0 Å². The molecule has 1 N–H and O–H groups in total. The number of rotatable bonds is 10. The Morgan fingerprint density at radius 1 is 1.19 bits per heavy atom. The summed E-state index contributed by atoms with van der Waals surface area (Å²) in [7, 11) is 0. The van der Waals surface area contributed by atoms with E-state index in [9.17, 15) is 13.9 Å². The molecule has 9 nitrogen and oxygen atoms in total. The maximum Gasteiger partial charge on any atom is 0.210 e. The molecule has 0 radical (unpaired) electrons. The smallest absolute Gasteiger partial charge is 0.210 e. The van der Waals surface area contributed by atoms with Crippen molar-refractivity contribution in [3.8, 4) is 0 Å². The highest BCUT2D eigenvalue weighted by molar-refractivity contribution is 5.93. The number of aliphatic hydroxyl groups is 1. The molecule has 0 saturated heterocycles. The molecule has 164 valence electrons. The predicted molar refractivity (Wildman–Crippen MR) is 105 cm³/mol. The first-order valence-electron chi connectivity index (χ1n) is 10.0. The standard InChI is InChI=1S/C20H23F2N7O2/c1-2-3-18(27-31-14-29-13-24-11-26-29)19(6-7-19)20(30,9-28-12-23-10-25-28)16-5-4-15(21)8-17(16)22/h4-5,8,10-13,30H,2-3,6-7,9,14H2,1H3/b27-18+. The Labute approximate surface area is 177 Å². The molecule has 31 heavy (non-hydrogen) atoms. The predicted octanol–water partition coefficient (Wildman–Crippen LogP) is 2.65. The summed E-state index contributed by atoms with van der Waals surface area (Å²) < 4.78 is 31.4. The van der Waals surface area contributed by atoms with E-state index in [1.54, 1.807) is 0 Å². The van der Waals surface area contributed by atoms with E-state index in [1.165, 1.54) is 40.7 Å². The summed E-state index contributed by atoms with van der Waals surface area (Å²) in [5.41, 5.74) is -2.01. The van der Waals surface area contributed by atoms with E-state index in [-0.39, 0.29) is 18.8 Å². The second kappa shape index (κ2) is 8.50. The Bertz CT molecular complexity index is 1040. The molecule has 0 bridgehead atoms. The number of aromatic nitrogens is 6. The third-order valence-corrected chi connectivity index (χ3v) is 5.65. The van der Waals surface area contributed by atoms with E-state index in [1.807, 2.05) is 6.92 Å². The summed E-state index contributed by atoms with van der Waals surface area (Å²) in [6, 6.07) is 3.19. The minimum Gasteiger partial charge on any atom is -0.382 e. The molecule has 1 saturated carbocycles. The van der Waals surface area contributed by atoms with Crippen LogP contribution >= 0.6 is 0 Å². The summed E-state index contributed by atoms with van der Waals surface area (Å²) >= 11 is 0. The van der Waals surface area contributed by atoms with Crippen molar-refractivity contribution < 1.29 is 18.7 Å².